The minimum Gasteiger partial charge on any atom is -0.490 e. The van der Waals surface area contributed by atoms with E-state index in [9.17, 15) is 9.50 Å². The normalized spacial score (nSPS) is 15.4. The molecule has 0 aliphatic carbocycles. The smallest absolute Gasteiger partial charge is 0.175 e. The van der Waals surface area contributed by atoms with Gasteiger partial charge in [-0.25, -0.2) is 4.39 Å². The largest absolute Gasteiger partial charge is 0.490 e. The van der Waals surface area contributed by atoms with Gasteiger partial charge in [-0.3, -0.25) is 0 Å². The molecular formula is C16H14BrFO3. The molecule has 0 radical (unpaired) electrons. The van der Waals surface area contributed by atoms with Crippen molar-refractivity contribution in [3.05, 3.63) is 57.8 Å². The van der Waals surface area contributed by atoms with Crippen LogP contribution in [0.2, 0.25) is 0 Å². The molecule has 3 nitrogen and oxygen atoms in total. The molecule has 1 aliphatic rings. The maximum absolute atomic E-state index is 13.3. The second-order valence-corrected chi connectivity index (χ2v) is 5.69. The van der Waals surface area contributed by atoms with Crippen molar-refractivity contribution < 1.29 is 19.0 Å². The molecule has 1 unspecified atom stereocenters. The third-order valence-corrected chi connectivity index (χ3v) is 3.89. The first kappa shape index (κ1) is 14.4. The van der Waals surface area contributed by atoms with Crippen LogP contribution in [0.3, 0.4) is 0 Å². The van der Waals surface area contributed by atoms with Crippen LogP contribution < -0.4 is 9.47 Å². The van der Waals surface area contributed by atoms with E-state index in [-0.39, 0.29) is 5.82 Å². The fourth-order valence-corrected chi connectivity index (χ4v) is 2.85. The van der Waals surface area contributed by atoms with E-state index >= 15 is 0 Å². The Morgan fingerprint density at radius 3 is 2.71 bits per heavy atom. The zero-order valence-corrected chi connectivity index (χ0v) is 12.8. The summed E-state index contributed by atoms with van der Waals surface area (Å²) in [6, 6.07) is 9.43. The van der Waals surface area contributed by atoms with Gasteiger partial charge >= 0.3 is 0 Å². The summed E-state index contributed by atoms with van der Waals surface area (Å²) in [5, 5.41) is 10.4. The van der Waals surface area contributed by atoms with Gasteiger partial charge < -0.3 is 14.6 Å². The number of hydrogen-bond donors (Lipinski definition) is 1. The fraction of sp³-hybridized carbons (Fsp3) is 0.250. The van der Waals surface area contributed by atoms with E-state index in [0.717, 1.165) is 6.42 Å². The third-order valence-electron chi connectivity index (χ3n) is 3.30. The van der Waals surface area contributed by atoms with E-state index in [1.54, 1.807) is 24.3 Å². The first-order chi connectivity index (χ1) is 10.1. The van der Waals surface area contributed by atoms with Crippen LogP contribution in [-0.2, 0) is 0 Å². The molecule has 0 fully saturated rings. The van der Waals surface area contributed by atoms with Crippen LogP contribution in [0.15, 0.2) is 40.9 Å². The van der Waals surface area contributed by atoms with Gasteiger partial charge in [0.25, 0.3) is 0 Å². The molecule has 2 aromatic rings. The second kappa shape index (κ2) is 6.03. The molecule has 0 saturated heterocycles. The van der Waals surface area contributed by atoms with Gasteiger partial charge in [-0.2, -0.15) is 0 Å². The highest BCUT2D eigenvalue weighted by Gasteiger charge is 2.19. The van der Waals surface area contributed by atoms with Gasteiger partial charge in [-0.05, 0) is 51.3 Å². The lowest BCUT2D eigenvalue weighted by atomic mass is 10.0. The van der Waals surface area contributed by atoms with Crippen molar-refractivity contribution in [3.63, 3.8) is 0 Å². The Kier molecular flexibility index (Phi) is 4.12. The highest BCUT2D eigenvalue weighted by Crippen LogP contribution is 2.40. The molecule has 0 spiro atoms. The summed E-state index contributed by atoms with van der Waals surface area (Å²) in [5.74, 6) is 0.856. The number of rotatable bonds is 2. The molecule has 1 N–H and O–H groups in total. The van der Waals surface area contributed by atoms with Crippen LogP contribution in [0, 0.1) is 5.82 Å². The van der Waals surface area contributed by atoms with Crippen molar-refractivity contribution in [2.24, 2.45) is 0 Å². The van der Waals surface area contributed by atoms with Gasteiger partial charge in [0, 0.05) is 6.42 Å². The van der Waals surface area contributed by atoms with Crippen molar-refractivity contribution in [2.45, 2.75) is 12.5 Å². The number of fused-ring (bicyclic) bond motifs is 1. The SMILES string of the molecule is OC(c1cccc(F)c1)c1cc(Br)c2c(c1)OCCCO2. The van der Waals surface area contributed by atoms with Crippen LogP contribution in [0.25, 0.3) is 0 Å². The summed E-state index contributed by atoms with van der Waals surface area (Å²) in [5.41, 5.74) is 1.12. The molecule has 1 aliphatic heterocycles. The van der Waals surface area contributed by atoms with Crippen LogP contribution in [0.4, 0.5) is 4.39 Å². The lowest BCUT2D eigenvalue weighted by molar-refractivity contribution is 0.218. The van der Waals surface area contributed by atoms with Crippen LogP contribution in [0.1, 0.15) is 23.7 Å². The van der Waals surface area contributed by atoms with Gasteiger partial charge in [-0.1, -0.05) is 12.1 Å². The molecule has 0 saturated carbocycles. The quantitative estimate of drug-likeness (QED) is 0.892. The summed E-state index contributed by atoms with van der Waals surface area (Å²) < 4.78 is 25.3. The van der Waals surface area contributed by atoms with Gasteiger partial charge in [0.1, 0.15) is 11.9 Å². The predicted octanol–water partition coefficient (Wildman–Crippen LogP) is 3.83. The van der Waals surface area contributed by atoms with Gasteiger partial charge in [0.05, 0.1) is 17.7 Å². The summed E-state index contributed by atoms with van der Waals surface area (Å²) in [6.45, 7) is 1.16. The molecular weight excluding hydrogens is 339 g/mol. The lowest BCUT2D eigenvalue weighted by Gasteiger charge is -2.16. The number of ether oxygens (including phenoxy) is 2. The zero-order chi connectivity index (χ0) is 14.8. The van der Waals surface area contributed by atoms with E-state index in [0.29, 0.717) is 40.3 Å². The van der Waals surface area contributed by atoms with Crippen molar-refractivity contribution in [1.82, 2.24) is 0 Å². The topological polar surface area (TPSA) is 38.7 Å². The van der Waals surface area contributed by atoms with Gasteiger partial charge in [-0.15, -0.1) is 0 Å². The molecule has 1 atom stereocenters. The van der Waals surface area contributed by atoms with Crippen LogP contribution in [0.5, 0.6) is 11.5 Å². The van der Waals surface area contributed by atoms with Crippen LogP contribution >= 0.6 is 15.9 Å². The first-order valence-corrected chi connectivity index (χ1v) is 7.47. The maximum Gasteiger partial charge on any atom is 0.175 e. The number of halogens is 2. The molecule has 1 heterocycles. The highest BCUT2D eigenvalue weighted by atomic mass is 79.9. The van der Waals surface area contributed by atoms with E-state index in [1.165, 1.54) is 12.1 Å². The molecule has 2 aromatic carbocycles. The molecule has 21 heavy (non-hydrogen) atoms. The van der Waals surface area contributed by atoms with E-state index in [1.807, 2.05) is 0 Å². The minimum absolute atomic E-state index is 0.375. The number of benzene rings is 2. The predicted molar refractivity (Wildman–Crippen MR) is 80.2 cm³/mol. The van der Waals surface area contributed by atoms with Gasteiger partial charge in [0.15, 0.2) is 11.5 Å². The Morgan fingerprint density at radius 1 is 1.10 bits per heavy atom. The Hall–Kier alpha value is -1.59. The molecule has 5 heteroatoms. The van der Waals surface area contributed by atoms with Gasteiger partial charge in [0.2, 0.25) is 0 Å². The van der Waals surface area contributed by atoms with E-state index in [4.69, 9.17) is 9.47 Å². The first-order valence-electron chi connectivity index (χ1n) is 6.68. The van der Waals surface area contributed by atoms with Crippen molar-refractivity contribution in [2.75, 3.05) is 13.2 Å². The van der Waals surface area contributed by atoms with Crippen molar-refractivity contribution in [1.29, 1.82) is 0 Å². The summed E-state index contributed by atoms with van der Waals surface area (Å²) in [6.07, 6.45) is -0.114. The van der Waals surface area contributed by atoms with Crippen molar-refractivity contribution in [3.8, 4) is 11.5 Å². The fourth-order valence-electron chi connectivity index (χ4n) is 2.28. The molecule has 110 valence electrons. The molecule has 3 rings (SSSR count). The number of aliphatic hydroxyl groups is 1. The Balaban J connectivity index is 1.99. The average Bonchev–Trinajstić information content (AvgIpc) is 2.72. The zero-order valence-electron chi connectivity index (χ0n) is 11.2. The van der Waals surface area contributed by atoms with Crippen LogP contribution in [-0.4, -0.2) is 18.3 Å². The molecule has 0 aromatic heterocycles. The lowest BCUT2D eigenvalue weighted by Crippen LogP contribution is -2.02. The monoisotopic (exact) mass is 352 g/mol. The van der Waals surface area contributed by atoms with Crippen molar-refractivity contribution >= 4 is 15.9 Å². The number of aliphatic hydroxyl groups excluding tert-OH is 1. The molecule has 0 amide bonds. The third kappa shape index (κ3) is 3.04. The highest BCUT2D eigenvalue weighted by molar-refractivity contribution is 9.10. The second-order valence-electron chi connectivity index (χ2n) is 4.84. The Morgan fingerprint density at radius 2 is 1.90 bits per heavy atom. The van der Waals surface area contributed by atoms with E-state index < -0.39 is 6.10 Å². The summed E-state index contributed by atoms with van der Waals surface area (Å²) in [4.78, 5) is 0. The molecule has 0 bridgehead atoms. The maximum atomic E-state index is 13.3. The standard InChI is InChI=1S/C16H14BrFO3/c17-13-8-11(9-14-16(13)21-6-2-5-20-14)15(19)10-3-1-4-12(18)7-10/h1,3-4,7-9,15,19H,2,5-6H2. The minimum atomic E-state index is -0.922. The number of hydrogen-bond acceptors (Lipinski definition) is 3. The summed E-state index contributed by atoms with van der Waals surface area (Å²) >= 11 is 3.43. The van der Waals surface area contributed by atoms with E-state index in [2.05, 4.69) is 15.9 Å². The Labute approximate surface area is 130 Å². The average molecular weight is 353 g/mol. The Bertz CT molecular complexity index is 660. The summed E-state index contributed by atoms with van der Waals surface area (Å²) in [7, 11) is 0.